The number of hydrogen-bond donors (Lipinski definition) is 4. The molecule has 3 aromatic carbocycles. The molecule has 0 radical (unpaired) electrons. The first-order valence-corrected chi connectivity index (χ1v) is 24.5. The number of hydrogen-bond acceptors (Lipinski definition) is 12. The first-order valence-electron chi connectivity index (χ1n) is 24.5. The average Bonchev–Trinajstić information content (AvgIpc) is 3.36. The van der Waals surface area contributed by atoms with Crippen LogP contribution >= 0.6 is 0 Å². The maximum absolute atomic E-state index is 13.9. The van der Waals surface area contributed by atoms with Crippen molar-refractivity contribution in [3.63, 3.8) is 0 Å². The molecular weight excluding hydrogens is 892 g/mol. The van der Waals surface area contributed by atoms with Gasteiger partial charge in [-0.25, -0.2) is 9.37 Å². The van der Waals surface area contributed by atoms with Crippen molar-refractivity contribution in [2.24, 2.45) is 17.6 Å². The fourth-order valence-corrected chi connectivity index (χ4v) is 9.21. The van der Waals surface area contributed by atoms with Gasteiger partial charge < -0.3 is 46.1 Å². The normalized spacial score (nSPS) is 17.2. The van der Waals surface area contributed by atoms with Crippen molar-refractivity contribution >= 4 is 41.3 Å². The van der Waals surface area contributed by atoms with Crippen LogP contribution in [-0.2, 0) is 27.2 Å². The van der Waals surface area contributed by atoms with Gasteiger partial charge in [-0.05, 0) is 73.2 Å². The Bertz CT molecular complexity index is 2480. The zero-order valence-corrected chi connectivity index (χ0v) is 40.5. The van der Waals surface area contributed by atoms with E-state index in [1.807, 2.05) is 28.0 Å². The van der Waals surface area contributed by atoms with E-state index in [-0.39, 0.29) is 53.2 Å². The fourth-order valence-electron chi connectivity index (χ4n) is 9.21. The number of aryl methyl sites for hydroxylation is 1. The van der Waals surface area contributed by atoms with Crippen molar-refractivity contribution in [3.05, 3.63) is 118 Å². The van der Waals surface area contributed by atoms with Gasteiger partial charge in [-0.2, -0.15) is 0 Å². The van der Waals surface area contributed by atoms with Crippen LogP contribution < -0.4 is 16.4 Å². The van der Waals surface area contributed by atoms with E-state index < -0.39 is 11.7 Å². The van der Waals surface area contributed by atoms with Crippen molar-refractivity contribution in [2.75, 3.05) is 117 Å². The Hall–Kier alpha value is -6.24. The Morgan fingerprint density at radius 3 is 2.20 bits per heavy atom. The van der Waals surface area contributed by atoms with E-state index in [1.165, 1.54) is 23.8 Å². The highest BCUT2D eigenvalue weighted by molar-refractivity contribution is 6.09. The Morgan fingerprint density at radius 2 is 1.53 bits per heavy atom. The van der Waals surface area contributed by atoms with Crippen LogP contribution in [0.4, 0.5) is 10.1 Å². The van der Waals surface area contributed by atoms with E-state index in [2.05, 4.69) is 56.4 Å². The molecule has 16 nitrogen and oxygen atoms in total. The van der Waals surface area contributed by atoms with Gasteiger partial charge in [0.15, 0.2) is 12.0 Å². The topological polar surface area (TPSA) is 198 Å². The van der Waals surface area contributed by atoms with Gasteiger partial charge in [-0.3, -0.25) is 28.9 Å². The molecule has 4 aliphatic heterocycles. The molecule has 0 aliphatic carbocycles. The maximum atomic E-state index is 13.9. The van der Waals surface area contributed by atoms with Crippen LogP contribution in [0.3, 0.4) is 0 Å². The minimum Gasteiger partial charge on any atom is -0.381 e. The Labute approximate surface area is 410 Å². The molecule has 5 heterocycles. The number of likely N-dealkylation sites (N-methyl/N-ethyl adjacent to an activating group) is 1. The number of piperazine rings is 2. The quantitative estimate of drug-likeness (QED) is 0.0880. The number of pyridine rings is 1. The molecule has 0 unspecified atom stereocenters. The van der Waals surface area contributed by atoms with Crippen molar-refractivity contribution in [2.45, 2.75) is 32.6 Å². The largest absolute Gasteiger partial charge is 0.381 e. The van der Waals surface area contributed by atoms with E-state index in [0.717, 1.165) is 109 Å². The van der Waals surface area contributed by atoms with Crippen molar-refractivity contribution < 1.29 is 33.1 Å². The molecule has 5 N–H and O–H groups in total. The van der Waals surface area contributed by atoms with E-state index in [0.29, 0.717) is 54.6 Å². The summed E-state index contributed by atoms with van der Waals surface area (Å²) in [6, 6.07) is 20.8. The predicted molar refractivity (Wildman–Crippen MR) is 268 cm³/mol. The monoisotopic (exact) mass is 959 g/mol. The van der Waals surface area contributed by atoms with Gasteiger partial charge in [0.1, 0.15) is 5.82 Å². The number of ether oxygens (including phenoxy) is 1. The molecule has 4 aliphatic rings. The molecular formula is C53H67FN10O6. The summed E-state index contributed by atoms with van der Waals surface area (Å²) in [5, 5.41) is 14.3. The van der Waals surface area contributed by atoms with Gasteiger partial charge >= 0.3 is 0 Å². The molecule has 0 bridgehead atoms. The number of benzene rings is 3. The predicted octanol–water partition coefficient (Wildman–Crippen LogP) is 4.08. The highest BCUT2D eigenvalue weighted by Gasteiger charge is 2.30. The minimum atomic E-state index is -0.608. The standard InChI is InChI=1S/C37H54N8O4.C16H13FN2O2/c1-3-28-5-4-6-31(19-28)32-20-33(40-34(46)23-38-21-30-26-49-27-30)36(39-22-32)37(48)45-9-7-29(8-10-45)24-42-13-15-43(16-14-42)25-35(47)44-17-11-41(2)12-18-44;17-14-6-5-10(7-11(14)9-20)8-15(18)12-3-1-2-4-13(12)16(19)21/h4-6,19-20,22,29-30,38H,3,7-18,21,23-27H2,1-2H3,(H,40,46);1-7,9,18H,8H2,(H2,19,21). The number of aromatic nitrogens is 1. The molecule has 4 saturated heterocycles. The maximum Gasteiger partial charge on any atom is 0.274 e. The minimum absolute atomic E-state index is 0.0523. The molecule has 4 amide bonds. The molecule has 1 aromatic heterocycles. The summed E-state index contributed by atoms with van der Waals surface area (Å²) >= 11 is 0. The number of carbonyl (C=O) groups excluding carboxylic acids is 5. The summed E-state index contributed by atoms with van der Waals surface area (Å²) in [6.45, 7) is 14.7. The van der Waals surface area contributed by atoms with Gasteiger partial charge in [0, 0.05) is 119 Å². The first kappa shape index (κ1) is 51.6. The Kier molecular flexibility index (Phi) is 18.5. The van der Waals surface area contributed by atoms with Crippen LogP contribution in [0.5, 0.6) is 0 Å². The smallest absolute Gasteiger partial charge is 0.274 e. The number of anilines is 1. The Balaban J connectivity index is 0.000000287. The number of nitrogens with zero attached hydrogens (tertiary/aromatic N) is 6. The summed E-state index contributed by atoms with van der Waals surface area (Å²) in [6.07, 6.45) is 5.14. The summed E-state index contributed by atoms with van der Waals surface area (Å²) in [5.74, 6) is -0.321. The number of amides is 4. The lowest BCUT2D eigenvalue weighted by Gasteiger charge is -2.39. The van der Waals surface area contributed by atoms with E-state index in [9.17, 15) is 28.4 Å². The second-order valence-corrected chi connectivity index (χ2v) is 18.8. The third-order valence-corrected chi connectivity index (χ3v) is 13.6. The molecule has 17 heteroatoms. The van der Waals surface area contributed by atoms with Crippen LogP contribution in [0.1, 0.15) is 67.7 Å². The molecule has 372 valence electrons. The fraction of sp³-hybridized carbons (Fsp3) is 0.453. The summed E-state index contributed by atoms with van der Waals surface area (Å²) in [7, 11) is 2.11. The van der Waals surface area contributed by atoms with Crippen molar-refractivity contribution in [3.8, 4) is 11.1 Å². The Morgan fingerprint density at radius 1 is 0.814 bits per heavy atom. The number of nitrogens with one attached hydrogen (secondary N) is 3. The number of piperidine rings is 1. The van der Waals surface area contributed by atoms with Gasteiger partial charge in [-0.1, -0.05) is 55.5 Å². The number of primary amides is 1. The number of carbonyl (C=O) groups is 5. The third-order valence-electron chi connectivity index (χ3n) is 13.6. The molecule has 0 spiro atoms. The number of halogens is 1. The van der Waals surface area contributed by atoms with Crippen LogP contribution in [0.2, 0.25) is 0 Å². The zero-order valence-electron chi connectivity index (χ0n) is 40.5. The molecule has 4 fully saturated rings. The summed E-state index contributed by atoms with van der Waals surface area (Å²) < 4.78 is 18.5. The lowest BCUT2D eigenvalue weighted by molar-refractivity contribution is -0.134. The van der Waals surface area contributed by atoms with Gasteiger partial charge in [-0.15, -0.1) is 0 Å². The SMILES string of the molecule is CCc1cccc(-c2cnc(C(=O)N3CCC(CN4CCN(CC(=O)N5CCN(C)CC5)CC4)CC3)c(NC(=O)CNCC3COC3)c2)c1.N=C(Cc1ccc(F)c(C=O)c1)c1ccccc1C(N)=O. The van der Waals surface area contributed by atoms with Crippen LogP contribution in [0.15, 0.2) is 79.0 Å². The number of rotatable bonds is 17. The van der Waals surface area contributed by atoms with E-state index in [1.54, 1.807) is 30.5 Å². The highest BCUT2D eigenvalue weighted by atomic mass is 19.1. The second-order valence-electron chi connectivity index (χ2n) is 18.8. The van der Waals surface area contributed by atoms with E-state index >= 15 is 0 Å². The van der Waals surface area contributed by atoms with Gasteiger partial charge in [0.05, 0.1) is 37.6 Å². The van der Waals surface area contributed by atoms with E-state index in [4.69, 9.17) is 15.9 Å². The summed E-state index contributed by atoms with van der Waals surface area (Å²) in [4.78, 5) is 77.4. The second kappa shape index (κ2) is 25.0. The molecule has 0 atom stereocenters. The van der Waals surface area contributed by atoms with Crippen LogP contribution in [-0.4, -0.2) is 177 Å². The lowest BCUT2D eigenvalue weighted by atomic mass is 9.95. The van der Waals surface area contributed by atoms with Crippen molar-refractivity contribution in [1.82, 2.24) is 34.8 Å². The van der Waals surface area contributed by atoms with Crippen molar-refractivity contribution in [1.29, 1.82) is 5.41 Å². The number of nitrogens with two attached hydrogens (primary N) is 1. The van der Waals surface area contributed by atoms with Crippen LogP contribution in [0.25, 0.3) is 11.1 Å². The lowest BCUT2D eigenvalue weighted by Crippen LogP contribution is -2.53. The summed E-state index contributed by atoms with van der Waals surface area (Å²) in [5.41, 5.74) is 10.5. The zero-order chi connectivity index (χ0) is 49.6. The molecule has 0 saturated carbocycles. The molecule has 8 rings (SSSR count). The molecule has 70 heavy (non-hydrogen) atoms. The van der Waals surface area contributed by atoms with Crippen LogP contribution in [0, 0.1) is 23.1 Å². The number of likely N-dealkylation sites (tertiary alicyclic amines) is 1. The third kappa shape index (κ3) is 14.2. The molecule has 4 aromatic rings. The van der Waals surface area contributed by atoms with Gasteiger partial charge in [0.2, 0.25) is 17.7 Å². The first-order chi connectivity index (χ1) is 33.9. The highest BCUT2D eigenvalue weighted by Crippen LogP contribution is 2.28. The number of aldehydes is 1. The average molecular weight is 959 g/mol. The van der Waals surface area contributed by atoms with Gasteiger partial charge in [0.25, 0.3) is 5.91 Å².